The third-order valence-corrected chi connectivity index (χ3v) is 1.66. The Morgan fingerprint density at radius 1 is 1.44 bits per heavy atom. The maximum absolute atomic E-state index is 5.38. The second-order valence-electron chi connectivity index (χ2n) is 2.62. The first-order chi connectivity index (χ1) is 4.34. The summed E-state index contributed by atoms with van der Waals surface area (Å²) in [6.45, 7) is 3.69. The van der Waals surface area contributed by atoms with E-state index in [2.05, 4.69) is 6.92 Å². The molecule has 0 spiro atoms. The molecule has 54 valence electrons. The van der Waals surface area contributed by atoms with E-state index in [-0.39, 0.29) is 0 Å². The average molecular weight is 130 g/mol. The molecule has 0 bridgehead atoms. The van der Waals surface area contributed by atoms with Crippen LogP contribution in [0.15, 0.2) is 0 Å². The summed E-state index contributed by atoms with van der Waals surface area (Å²) >= 11 is 0. The first kappa shape index (κ1) is 7.03. The van der Waals surface area contributed by atoms with E-state index in [9.17, 15) is 0 Å². The van der Waals surface area contributed by atoms with Crippen LogP contribution in [-0.4, -0.2) is 26.4 Å². The fraction of sp³-hybridized carbons (Fsp3) is 1.00. The number of hydrogen-bond acceptors (Lipinski definition) is 2. The van der Waals surface area contributed by atoms with E-state index in [1.807, 2.05) is 0 Å². The van der Waals surface area contributed by atoms with Crippen LogP contribution in [0.1, 0.15) is 13.3 Å². The van der Waals surface area contributed by atoms with Crippen molar-refractivity contribution in [2.45, 2.75) is 19.4 Å². The Labute approximate surface area is 56.2 Å². The number of ether oxygens (including phenoxy) is 2. The molecule has 0 aromatic carbocycles. The molecule has 0 saturated heterocycles. The normalized spacial score (nSPS) is 32.7. The van der Waals surface area contributed by atoms with Crippen LogP contribution in [-0.2, 0) is 9.47 Å². The third-order valence-electron chi connectivity index (χ3n) is 1.66. The van der Waals surface area contributed by atoms with Crippen LogP contribution in [0, 0.1) is 5.92 Å². The first-order valence-corrected chi connectivity index (χ1v) is 3.45. The Morgan fingerprint density at radius 2 is 2.11 bits per heavy atom. The summed E-state index contributed by atoms with van der Waals surface area (Å²) in [5.74, 6) is 0.793. The van der Waals surface area contributed by atoms with Gasteiger partial charge in [0.25, 0.3) is 0 Å². The van der Waals surface area contributed by atoms with Crippen LogP contribution in [0.2, 0.25) is 0 Å². The standard InChI is InChI=1S/C7H14O2/c1-6-5-7(6)9-4-3-8-2/h6-7H,3-5H2,1-2H3/t6-,7?/m1/s1. The Hall–Kier alpha value is -0.0800. The fourth-order valence-corrected chi connectivity index (χ4v) is 0.803. The van der Waals surface area contributed by atoms with Crippen molar-refractivity contribution >= 4 is 0 Å². The Kier molecular flexibility index (Phi) is 2.49. The fourth-order valence-electron chi connectivity index (χ4n) is 0.803. The van der Waals surface area contributed by atoms with Crippen molar-refractivity contribution < 1.29 is 9.47 Å². The highest BCUT2D eigenvalue weighted by atomic mass is 16.5. The molecular formula is C7H14O2. The SMILES string of the molecule is COCCOC1C[C@H]1C. The third kappa shape index (κ3) is 2.33. The molecule has 1 saturated carbocycles. The lowest BCUT2D eigenvalue weighted by molar-refractivity contribution is 0.0559. The van der Waals surface area contributed by atoms with Crippen molar-refractivity contribution in [3.63, 3.8) is 0 Å². The molecule has 0 aliphatic heterocycles. The van der Waals surface area contributed by atoms with Crippen molar-refractivity contribution in [1.29, 1.82) is 0 Å². The second-order valence-corrected chi connectivity index (χ2v) is 2.62. The van der Waals surface area contributed by atoms with Crippen molar-refractivity contribution in [1.82, 2.24) is 0 Å². The van der Waals surface area contributed by atoms with E-state index in [0.717, 1.165) is 19.1 Å². The number of hydrogen-bond donors (Lipinski definition) is 0. The van der Waals surface area contributed by atoms with Gasteiger partial charge in [-0.15, -0.1) is 0 Å². The molecule has 0 aromatic heterocycles. The molecule has 2 heteroatoms. The van der Waals surface area contributed by atoms with Gasteiger partial charge in [0.15, 0.2) is 0 Å². The van der Waals surface area contributed by atoms with Gasteiger partial charge in [-0.3, -0.25) is 0 Å². The van der Waals surface area contributed by atoms with Gasteiger partial charge in [-0.2, -0.15) is 0 Å². The van der Waals surface area contributed by atoms with Crippen molar-refractivity contribution in [2.75, 3.05) is 20.3 Å². The maximum atomic E-state index is 5.38. The largest absolute Gasteiger partial charge is 0.382 e. The van der Waals surface area contributed by atoms with E-state index in [1.165, 1.54) is 6.42 Å². The van der Waals surface area contributed by atoms with Gasteiger partial charge in [0.2, 0.25) is 0 Å². The van der Waals surface area contributed by atoms with Crippen molar-refractivity contribution in [3.05, 3.63) is 0 Å². The predicted octanol–water partition coefficient (Wildman–Crippen LogP) is 1.06. The minimum absolute atomic E-state index is 0.542. The topological polar surface area (TPSA) is 18.5 Å². The van der Waals surface area contributed by atoms with E-state index in [0.29, 0.717) is 6.10 Å². The van der Waals surface area contributed by atoms with Gasteiger partial charge in [0, 0.05) is 7.11 Å². The minimum atomic E-state index is 0.542. The predicted molar refractivity (Wildman–Crippen MR) is 35.4 cm³/mol. The first-order valence-electron chi connectivity index (χ1n) is 3.45. The lowest BCUT2D eigenvalue weighted by Crippen LogP contribution is -2.03. The van der Waals surface area contributed by atoms with Crippen LogP contribution in [0.5, 0.6) is 0 Å². The summed E-state index contributed by atoms with van der Waals surface area (Å²) in [5, 5.41) is 0. The quantitative estimate of drug-likeness (QED) is 0.530. The molecular weight excluding hydrogens is 116 g/mol. The zero-order valence-corrected chi connectivity index (χ0v) is 6.09. The highest BCUT2D eigenvalue weighted by Gasteiger charge is 2.33. The van der Waals surface area contributed by atoms with Gasteiger partial charge in [-0.1, -0.05) is 6.92 Å². The van der Waals surface area contributed by atoms with Crippen LogP contribution in [0.25, 0.3) is 0 Å². The van der Waals surface area contributed by atoms with Crippen LogP contribution >= 0.6 is 0 Å². The molecule has 0 N–H and O–H groups in total. The lowest BCUT2D eigenvalue weighted by Gasteiger charge is -1.99. The van der Waals surface area contributed by atoms with Crippen LogP contribution < -0.4 is 0 Å². The highest BCUT2D eigenvalue weighted by molar-refractivity contribution is 4.83. The molecule has 0 heterocycles. The van der Waals surface area contributed by atoms with E-state index >= 15 is 0 Å². The summed E-state index contributed by atoms with van der Waals surface area (Å²) in [6.07, 6.45) is 1.78. The van der Waals surface area contributed by atoms with E-state index < -0.39 is 0 Å². The smallest absolute Gasteiger partial charge is 0.0704 e. The van der Waals surface area contributed by atoms with Gasteiger partial charge in [0.1, 0.15) is 0 Å². The molecule has 1 aliphatic rings. The zero-order chi connectivity index (χ0) is 6.69. The van der Waals surface area contributed by atoms with Gasteiger partial charge in [-0.25, -0.2) is 0 Å². The molecule has 2 nitrogen and oxygen atoms in total. The molecule has 2 atom stereocenters. The molecule has 0 radical (unpaired) electrons. The maximum Gasteiger partial charge on any atom is 0.0704 e. The van der Waals surface area contributed by atoms with Crippen molar-refractivity contribution in [2.24, 2.45) is 5.92 Å². The van der Waals surface area contributed by atoms with Gasteiger partial charge >= 0.3 is 0 Å². The van der Waals surface area contributed by atoms with E-state index in [1.54, 1.807) is 7.11 Å². The Balaban J connectivity index is 1.83. The minimum Gasteiger partial charge on any atom is -0.382 e. The van der Waals surface area contributed by atoms with Gasteiger partial charge < -0.3 is 9.47 Å². The summed E-state index contributed by atoms with van der Waals surface area (Å²) in [4.78, 5) is 0. The molecule has 1 unspecified atom stereocenters. The van der Waals surface area contributed by atoms with Gasteiger partial charge in [0.05, 0.1) is 19.3 Å². The highest BCUT2D eigenvalue weighted by Crippen LogP contribution is 2.32. The summed E-state index contributed by atoms with van der Waals surface area (Å²) < 4.78 is 10.2. The number of rotatable bonds is 4. The zero-order valence-electron chi connectivity index (χ0n) is 6.09. The van der Waals surface area contributed by atoms with Crippen molar-refractivity contribution in [3.8, 4) is 0 Å². The molecule has 1 aliphatic carbocycles. The molecule has 0 aromatic rings. The molecule has 1 rings (SSSR count). The van der Waals surface area contributed by atoms with E-state index in [4.69, 9.17) is 9.47 Å². The van der Waals surface area contributed by atoms with Gasteiger partial charge in [-0.05, 0) is 12.3 Å². The Bertz CT molecular complexity index is 83.0. The summed E-state index contributed by atoms with van der Waals surface area (Å²) in [6, 6.07) is 0. The lowest BCUT2D eigenvalue weighted by atomic mass is 10.5. The van der Waals surface area contributed by atoms with Crippen LogP contribution in [0.3, 0.4) is 0 Å². The molecule has 9 heavy (non-hydrogen) atoms. The number of methoxy groups -OCH3 is 1. The monoisotopic (exact) mass is 130 g/mol. The molecule has 0 amide bonds. The molecule has 1 fully saturated rings. The summed E-state index contributed by atoms with van der Waals surface area (Å²) in [7, 11) is 1.69. The Morgan fingerprint density at radius 3 is 2.56 bits per heavy atom. The second kappa shape index (κ2) is 3.18. The average Bonchev–Trinajstić information content (AvgIpc) is 2.48. The van der Waals surface area contributed by atoms with Crippen LogP contribution in [0.4, 0.5) is 0 Å². The summed E-state index contributed by atoms with van der Waals surface area (Å²) in [5.41, 5.74) is 0.